The normalized spacial score (nSPS) is 16.1. The van der Waals surface area contributed by atoms with Gasteiger partial charge in [0.15, 0.2) is 0 Å². The van der Waals surface area contributed by atoms with Crippen LogP contribution in [0, 0.1) is 0 Å². The highest BCUT2D eigenvalue weighted by Crippen LogP contribution is 2.39. The number of hydrogen-bond donors (Lipinski definition) is 1. The molecule has 0 spiro atoms. The van der Waals surface area contributed by atoms with Crippen LogP contribution in [0.25, 0.3) is 0 Å². The number of benzene rings is 2. The molecular formula is C22H18ClN3O2S. The Hall–Kier alpha value is -2.83. The van der Waals surface area contributed by atoms with Crippen LogP contribution in [-0.2, 0) is 11.3 Å². The van der Waals surface area contributed by atoms with E-state index in [1.807, 2.05) is 41.3 Å². The Morgan fingerprint density at radius 2 is 1.90 bits per heavy atom. The van der Waals surface area contributed by atoms with Crippen LogP contribution in [0.2, 0.25) is 5.02 Å². The van der Waals surface area contributed by atoms with Crippen LogP contribution in [0.1, 0.15) is 26.9 Å². The number of rotatable bonds is 5. The van der Waals surface area contributed by atoms with E-state index in [0.29, 0.717) is 28.6 Å². The molecule has 146 valence electrons. The highest BCUT2D eigenvalue weighted by Gasteiger charge is 2.32. The van der Waals surface area contributed by atoms with Crippen molar-refractivity contribution in [2.75, 3.05) is 11.1 Å². The van der Waals surface area contributed by atoms with Crippen LogP contribution in [0.3, 0.4) is 0 Å². The van der Waals surface area contributed by atoms with Crippen molar-refractivity contribution < 1.29 is 9.59 Å². The molecular weight excluding hydrogens is 406 g/mol. The molecule has 3 aromatic rings. The van der Waals surface area contributed by atoms with Crippen molar-refractivity contribution in [2.24, 2.45) is 0 Å². The van der Waals surface area contributed by atoms with E-state index < -0.39 is 0 Å². The zero-order chi connectivity index (χ0) is 20.2. The molecule has 2 aromatic carbocycles. The molecule has 4 rings (SSSR count). The van der Waals surface area contributed by atoms with Crippen LogP contribution in [-0.4, -0.2) is 27.5 Å². The summed E-state index contributed by atoms with van der Waals surface area (Å²) in [6.07, 6.45) is 3.25. The fourth-order valence-corrected chi connectivity index (χ4v) is 4.44. The number of carbonyl (C=O) groups excluding carboxylic acids is 2. The van der Waals surface area contributed by atoms with Gasteiger partial charge >= 0.3 is 0 Å². The summed E-state index contributed by atoms with van der Waals surface area (Å²) >= 11 is 7.54. The molecule has 1 N–H and O–H groups in total. The third kappa shape index (κ3) is 4.60. The molecule has 1 saturated heterocycles. The lowest BCUT2D eigenvalue weighted by Gasteiger charge is -2.24. The van der Waals surface area contributed by atoms with Crippen LogP contribution < -0.4 is 5.32 Å². The summed E-state index contributed by atoms with van der Waals surface area (Å²) < 4.78 is 0. The minimum absolute atomic E-state index is 0.0754. The van der Waals surface area contributed by atoms with E-state index in [9.17, 15) is 9.59 Å². The molecule has 7 heteroatoms. The molecule has 29 heavy (non-hydrogen) atoms. The third-order valence-electron chi connectivity index (χ3n) is 4.61. The molecule has 1 fully saturated rings. The molecule has 1 aromatic heterocycles. The number of amides is 2. The second kappa shape index (κ2) is 8.68. The van der Waals surface area contributed by atoms with Gasteiger partial charge in [0, 0.05) is 23.3 Å². The van der Waals surface area contributed by atoms with E-state index in [4.69, 9.17) is 11.6 Å². The van der Waals surface area contributed by atoms with Crippen LogP contribution in [0.5, 0.6) is 0 Å². The lowest BCUT2D eigenvalue weighted by molar-refractivity contribution is -0.128. The van der Waals surface area contributed by atoms with Crippen LogP contribution in [0.4, 0.5) is 5.69 Å². The highest BCUT2D eigenvalue weighted by molar-refractivity contribution is 8.00. The minimum atomic E-state index is -0.197. The monoisotopic (exact) mass is 423 g/mol. The summed E-state index contributed by atoms with van der Waals surface area (Å²) in [6, 6.07) is 18.5. The van der Waals surface area contributed by atoms with Gasteiger partial charge in [0.25, 0.3) is 5.91 Å². The Morgan fingerprint density at radius 3 is 2.59 bits per heavy atom. The Kier molecular flexibility index (Phi) is 5.83. The smallest absolute Gasteiger partial charge is 0.255 e. The van der Waals surface area contributed by atoms with Crippen LogP contribution >= 0.6 is 23.4 Å². The summed E-state index contributed by atoms with van der Waals surface area (Å²) in [6.45, 7) is 0.525. The summed E-state index contributed by atoms with van der Waals surface area (Å²) in [5.41, 5.74) is 3.22. The maximum atomic E-state index is 12.4. The van der Waals surface area contributed by atoms with Crippen molar-refractivity contribution in [2.45, 2.75) is 11.9 Å². The highest BCUT2D eigenvalue weighted by atomic mass is 35.5. The quantitative estimate of drug-likeness (QED) is 0.642. The second-order valence-electron chi connectivity index (χ2n) is 6.63. The predicted octanol–water partition coefficient (Wildman–Crippen LogP) is 4.76. The second-order valence-corrected chi connectivity index (χ2v) is 8.13. The zero-order valence-electron chi connectivity index (χ0n) is 15.4. The molecule has 0 aliphatic carbocycles. The number of thioether (sulfide) groups is 1. The molecule has 1 aliphatic rings. The molecule has 0 bridgehead atoms. The Morgan fingerprint density at radius 1 is 1.14 bits per heavy atom. The van der Waals surface area contributed by atoms with Gasteiger partial charge in [0.2, 0.25) is 5.91 Å². The number of carbonyl (C=O) groups is 2. The maximum Gasteiger partial charge on any atom is 0.255 e. The Balaban J connectivity index is 1.47. The van der Waals surface area contributed by atoms with Crippen molar-refractivity contribution in [1.29, 1.82) is 0 Å². The van der Waals surface area contributed by atoms with Gasteiger partial charge in [-0.05, 0) is 47.5 Å². The van der Waals surface area contributed by atoms with Gasteiger partial charge in [0.1, 0.15) is 5.37 Å². The first-order valence-electron chi connectivity index (χ1n) is 9.07. The van der Waals surface area contributed by atoms with Gasteiger partial charge in [-0.15, -0.1) is 11.8 Å². The van der Waals surface area contributed by atoms with Crippen molar-refractivity contribution in [1.82, 2.24) is 9.88 Å². The average molecular weight is 424 g/mol. The van der Waals surface area contributed by atoms with Crippen molar-refractivity contribution in [3.63, 3.8) is 0 Å². The van der Waals surface area contributed by atoms with E-state index >= 15 is 0 Å². The molecule has 2 amide bonds. The Labute approximate surface area is 178 Å². The third-order valence-corrected chi connectivity index (χ3v) is 6.12. The van der Waals surface area contributed by atoms with Crippen molar-refractivity contribution in [3.05, 3.63) is 94.8 Å². The first-order valence-corrected chi connectivity index (χ1v) is 10.5. The molecule has 5 nitrogen and oxygen atoms in total. The number of anilines is 1. The van der Waals surface area contributed by atoms with E-state index in [2.05, 4.69) is 10.3 Å². The number of pyridine rings is 1. The first kappa shape index (κ1) is 19.5. The fourth-order valence-electron chi connectivity index (χ4n) is 3.13. The van der Waals surface area contributed by atoms with Gasteiger partial charge in [-0.2, -0.15) is 0 Å². The first-order chi connectivity index (χ1) is 14.1. The standard InChI is InChI=1S/C22H18ClN3O2S/c23-18-9-3-15(4-10-18)13-26-20(27)14-29-22(26)17-7-5-16(6-8-17)21(28)25-19-2-1-11-24-12-19/h1-12,22H,13-14H2,(H,25,28)/t22-/m0/s1. The average Bonchev–Trinajstić information content (AvgIpc) is 3.11. The molecule has 2 heterocycles. The van der Waals surface area contributed by atoms with E-state index in [1.165, 1.54) is 0 Å². The van der Waals surface area contributed by atoms with Gasteiger partial charge in [0.05, 0.1) is 17.6 Å². The molecule has 0 unspecified atom stereocenters. The predicted molar refractivity (Wildman–Crippen MR) is 116 cm³/mol. The summed E-state index contributed by atoms with van der Waals surface area (Å²) in [5, 5.41) is 3.42. The van der Waals surface area contributed by atoms with Gasteiger partial charge in [-0.1, -0.05) is 35.9 Å². The summed E-state index contributed by atoms with van der Waals surface area (Å²) in [4.78, 5) is 30.7. The fraction of sp³-hybridized carbons (Fsp3) is 0.136. The summed E-state index contributed by atoms with van der Waals surface area (Å²) in [5.74, 6) is 0.354. The number of hydrogen-bond acceptors (Lipinski definition) is 4. The molecule has 0 saturated carbocycles. The minimum Gasteiger partial charge on any atom is -0.322 e. The molecule has 1 aliphatic heterocycles. The number of nitrogens with zero attached hydrogens (tertiary/aromatic N) is 2. The topological polar surface area (TPSA) is 62.3 Å². The van der Waals surface area contributed by atoms with Gasteiger partial charge in [-0.3, -0.25) is 14.6 Å². The number of aromatic nitrogens is 1. The van der Waals surface area contributed by atoms with Gasteiger partial charge in [-0.25, -0.2) is 0 Å². The van der Waals surface area contributed by atoms with E-state index in [1.54, 1.807) is 48.4 Å². The lowest BCUT2D eigenvalue weighted by atomic mass is 10.1. The molecule has 1 atom stereocenters. The maximum absolute atomic E-state index is 12.4. The van der Waals surface area contributed by atoms with Crippen molar-refractivity contribution >= 4 is 40.9 Å². The Bertz CT molecular complexity index is 1010. The lowest BCUT2D eigenvalue weighted by Crippen LogP contribution is -2.27. The summed E-state index contributed by atoms with van der Waals surface area (Å²) in [7, 11) is 0. The van der Waals surface area contributed by atoms with Gasteiger partial charge < -0.3 is 10.2 Å². The number of nitrogens with one attached hydrogen (secondary N) is 1. The van der Waals surface area contributed by atoms with E-state index in [0.717, 1.165) is 11.1 Å². The zero-order valence-corrected chi connectivity index (χ0v) is 17.0. The largest absolute Gasteiger partial charge is 0.322 e. The van der Waals surface area contributed by atoms with E-state index in [-0.39, 0.29) is 17.2 Å². The van der Waals surface area contributed by atoms with Crippen LogP contribution in [0.15, 0.2) is 73.1 Å². The van der Waals surface area contributed by atoms with Crippen molar-refractivity contribution in [3.8, 4) is 0 Å². The SMILES string of the molecule is O=C(Nc1cccnc1)c1ccc([C@@H]2SCC(=O)N2Cc2ccc(Cl)cc2)cc1. The molecule has 0 radical (unpaired) electrons. The number of halogens is 1.